The van der Waals surface area contributed by atoms with Crippen LogP contribution < -0.4 is 16.2 Å². The Hall–Kier alpha value is -1.44. The fourth-order valence-electron chi connectivity index (χ4n) is 1.38. The van der Waals surface area contributed by atoms with E-state index in [1.807, 2.05) is 6.92 Å². The zero-order valence-corrected chi connectivity index (χ0v) is 11.8. The van der Waals surface area contributed by atoms with Gasteiger partial charge in [0.1, 0.15) is 0 Å². The molecule has 6 nitrogen and oxygen atoms in total. The van der Waals surface area contributed by atoms with Gasteiger partial charge in [-0.1, -0.05) is 19.1 Å². The molecule has 1 unspecified atom stereocenters. The van der Waals surface area contributed by atoms with Crippen molar-refractivity contribution in [1.82, 2.24) is 5.32 Å². The summed E-state index contributed by atoms with van der Waals surface area (Å²) in [6.45, 7) is 3.67. The number of nitrogens with two attached hydrogens (primary N) is 2. The van der Waals surface area contributed by atoms with E-state index >= 15 is 0 Å². The van der Waals surface area contributed by atoms with E-state index in [-0.39, 0.29) is 17.3 Å². The predicted octanol–water partition coefficient (Wildman–Crippen LogP) is 0.0776. The van der Waals surface area contributed by atoms with Crippen LogP contribution >= 0.6 is 0 Å². The van der Waals surface area contributed by atoms with Crippen molar-refractivity contribution in [3.8, 4) is 0 Å². The Labute approximate surface area is 113 Å². The van der Waals surface area contributed by atoms with Gasteiger partial charge >= 0.3 is 0 Å². The van der Waals surface area contributed by atoms with Gasteiger partial charge in [0.15, 0.2) is 0 Å². The van der Waals surface area contributed by atoms with E-state index in [4.69, 9.17) is 10.9 Å². The molecule has 0 heterocycles. The average molecular weight is 285 g/mol. The summed E-state index contributed by atoms with van der Waals surface area (Å²) in [6, 6.07) is 6.10. The van der Waals surface area contributed by atoms with E-state index in [1.165, 1.54) is 12.1 Å². The highest BCUT2D eigenvalue weighted by atomic mass is 32.2. The monoisotopic (exact) mass is 285 g/mol. The van der Waals surface area contributed by atoms with E-state index in [0.29, 0.717) is 12.0 Å². The topological polar surface area (TPSA) is 115 Å². The van der Waals surface area contributed by atoms with Crippen LogP contribution in [0.3, 0.4) is 0 Å². The Kier molecular flexibility index (Phi) is 4.67. The maximum absolute atomic E-state index is 11.8. The van der Waals surface area contributed by atoms with Gasteiger partial charge in [0.2, 0.25) is 15.9 Å². The summed E-state index contributed by atoms with van der Waals surface area (Å²) in [5.41, 5.74) is 5.51. The summed E-state index contributed by atoms with van der Waals surface area (Å²) in [6.07, 6.45) is 0.510. The van der Waals surface area contributed by atoms with Crippen molar-refractivity contribution < 1.29 is 13.2 Å². The number of benzene rings is 1. The molecule has 1 rings (SSSR count). The lowest BCUT2D eigenvalue weighted by Crippen LogP contribution is -2.50. The maximum atomic E-state index is 11.8. The second kappa shape index (κ2) is 5.68. The molecule has 19 heavy (non-hydrogen) atoms. The Bertz CT molecular complexity index is 567. The van der Waals surface area contributed by atoms with Crippen molar-refractivity contribution in [3.05, 3.63) is 29.8 Å². The number of hydrogen-bond donors (Lipinski definition) is 3. The summed E-state index contributed by atoms with van der Waals surface area (Å²) in [5.74, 6) is -0.281. The minimum Gasteiger partial charge on any atom is -0.350 e. The normalized spacial score (nSPS) is 14.7. The molecule has 0 aliphatic rings. The van der Waals surface area contributed by atoms with Crippen LogP contribution in [-0.4, -0.2) is 19.9 Å². The lowest BCUT2D eigenvalue weighted by Gasteiger charge is -2.21. The first-order chi connectivity index (χ1) is 8.66. The highest BCUT2D eigenvalue weighted by Crippen LogP contribution is 2.10. The van der Waals surface area contributed by atoms with Crippen molar-refractivity contribution in [2.75, 3.05) is 0 Å². The van der Waals surface area contributed by atoms with Gasteiger partial charge in [-0.15, -0.1) is 0 Å². The number of hydrogen-bond acceptors (Lipinski definition) is 4. The van der Waals surface area contributed by atoms with Crippen LogP contribution in [0.2, 0.25) is 0 Å². The molecule has 0 aliphatic heterocycles. The first-order valence-corrected chi connectivity index (χ1v) is 7.40. The molecule has 1 atom stereocenters. The molecule has 1 aromatic carbocycles. The smallest absolute Gasteiger partial charge is 0.240 e. The van der Waals surface area contributed by atoms with Gasteiger partial charge in [0.25, 0.3) is 0 Å². The molecule has 1 aromatic rings. The predicted molar refractivity (Wildman–Crippen MR) is 72.5 cm³/mol. The van der Waals surface area contributed by atoms with Gasteiger partial charge in [0.05, 0.1) is 10.4 Å². The number of rotatable bonds is 5. The number of primary sulfonamides is 1. The quantitative estimate of drug-likeness (QED) is 0.710. The first kappa shape index (κ1) is 15.6. The lowest BCUT2D eigenvalue weighted by atomic mass is 9.99. The molecule has 0 radical (unpaired) electrons. The molecule has 5 N–H and O–H groups in total. The van der Waals surface area contributed by atoms with Crippen LogP contribution in [-0.2, 0) is 21.4 Å². The molecule has 0 fully saturated rings. The van der Waals surface area contributed by atoms with Crippen LogP contribution in [0.1, 0.15) is 25.8 Å². The van der Waals surface area contributed by atoms with Gasteiger partial charge in [-0.3, -0.25) is 4.79 Å². The van der Waals surface area contributed by atoms with Crippen LogP contribution in [0.5, 0.6) is 0 Å². The Balaban J connectivity index is 2.77. The average Bonchev–Trinajstić information content (AvgIpc) is 2.35. The van der Waals surface area contributed by atoms with Gasteiger partial charge in [-0.25, -0.2) is 13.6 Å². The molecule has 0 saturated heterocycles. The number of nitrogens with one attached hydrogen (secondary N) is 1. The third kappa shape index (κ3) is 4.30. The molecule has 0 bridgehead atoms. The van der Waals surface area contributed by atoms with Gasteiger partial charge in [-0.05, 0) is 31.0 Å². The molecule has 106 valence electrons. The summed E-state index contributed by atoms with van der Waals surface area (Å²) < 4.78 is 22.4. The third-order valence-electron chi connectivity index (χ3n) is 2.93. The number of amides is 1. The minimum atomic E-state index is -3.73. The van der Waals surface area contributed by atoms with Crippen LogP contribution in [0.15, 0.2) is 29.2 Å². The van der Waals surface area contributed by atoms with E-state index in [0.717, 1.165) is 0 Å². The van der Waals surface area contributed by atoms with E-state index in [9.17, 15) is 13.2 Å². The maximum Gasteiger partial charge on any atom is 0.240 e. The van der Waals surface area contributed by atoms with Crippen molar-refractivity contribution in [2.24, 2.45) is 10.9 Å². The first-order valence-electron chi connectivity index (χ1n) is 5.86. The molecule has 1 amide bonds. The van der Waals surface area contributed by atoms with Crippen molar-refractivity contribution in [1.29, 1.82) is 0 Å². The van der Waals surface area contributed by atoms with Crippen molar-refractivity contribution in [3.63, 3.8) is 0 Å². The fraction of sp³-hybridized carbons (Fsp3) is 0.417. The van der Waals surface area contributed by atoms with Crippen LogP contribution in [0.25, 0.3) is 0 Å². The van der Waals surface area contributed by atoms with E-state index < -0.39 is 15.6 Å². The number of carbonyl (C=O) groups is 1. The molecule has 0 saturated carbocycles. The highest BCUT2D eigenvalue weighted by molar-refractivity contribution is 7.89. The molecule has 7 heteroatoms. The second-order valence-electron chi connectivity index (χ2n) is 4.65. The summed E-state index contributed by atoms with van der Waals surface area (Å²) in [5, 5.41) is 7.71. The molecule has 0 spiro atoms. The zero-order valence-electron chi connectivity index (χ0n) is 11.0. The minimum absolute atomic E-state index is 0.0188. The Morgan fingerprint density at radius 2 is 2.05 bits per heavy atom. The fourth-order valence-corrected chi connectivity index (χ4v) is 1.96. The summed E-state index contributed by atoms with van der Waals surface area (Å²) in [4.78, 5) is 11.8. The standard InChI is InChI=1S/C12H19N3O3S/c1-3-12(2,13)11(16)15-8-9-5-4-6-10(7-9)19(14,17)18/h4-7H,3,8,13H2,1-2H3,(H,15,16)(H2,14,17,18). The number of carbonyl (C=O) groups excluding carboxylic acids is 1. The van der Waals surface area contributed by atoms with Gasteiger partial charge in [-0.2, -0.15) is 0 Å². The summed E-state index contributed by atoms with van der Waals surface area (Å²) in [7, 11) is -3.73. The Morgan fingerprint density at radius 1 is 1.42 bits per heavy atom. The molecular weight excluding hydrogens is 266 g/mol. The van der Waals surface area contributed by atoms with Gasteiger partial charge < -0.3 is 11.1 Å². The van der Waals surface area contributed by atoms with Crippen molar-refractivity contribution >= 4 is 15.9 Å². The molecular formula is C12H19N3O3S. The van der Waals surface area contributed by atoms with Crippen LogP contribution in [0, 0.1) is 0 Å². The largest absolute Gasteiger partial charge is 0.350 e. The lowest BCUT2D eigenvalue weighted by molar-refractivity contribution is -0.126. The Morgan fingerprint density at radius 3 is 2.58 bits per heavy atom. The van der Waals surface area contributed by atoms with Crippen LogP contribution in [0.4, 0.5) is 0 Å². The molecule has 0 aromatic heterocycles. The second-order valence-corrected chi connectivity index (χ2v) is 6.21. The van der Waals surface area contributed by atoms with E-state index in [1.54, 1.807) is 19.1 Å². The van der Waals surface area contributed by atoms with Crippen molar-refractivity contribution in [2.45, 2.75) is 37.2 Å². The summed E-state index contributed by atoms with van der Waals surface area (Å²) >= 11 is 0. The number of sulfonamides is 1. The van der Waals surface area contributed by atoms with Gasteiger partial charge in [0, 0.05) is 6.54 Å². The zero-order chi connectivity index (χ0) is 14.7. The van der Waals surface area contributed by atoms with E-state index in [2.05, 4.69) is 5.32 Å². The highest BCUT2D eigenvalue weighted by Gasteiger charge is 2.25. The third-order valence-corrected chi connectivity index (χ3v) is 3.84. The SMILES string of the molecule is CCC(C)(N)C(=O)NCc1cccc(S(N)(=O)=O)c1. The molecule has 0 aliphatic carbocycles.